The first-order chi connectivity index (χ1) is 1.73. The van der Waals surface area contributed by atoms with Gasteiger partial charge >= 0.3 is 25.7 Å². The van der Waals surface area contributed by atoms with E-state index in [2.05, 4.69) is 0 Å². The van der Waals surface area contributed by atoms with Gasteiger partial charge in [0.05, 0.1) is 0 Å². The maximum atomic E-state index is 9.73. The van der Waals surface area contributed by atoms with Crippen molar-refractivity contribution in [1.82, 2.24) is 0 Å². The molecule has 38 valence electrons. The van der Waals surface area contributed by atoms with Gasteiger partial charge in [0.2, 0.25) is 0 Å². The Kier molecular flexibility index (Phi) is 7.58. The minimum absolute atomic E-state index is 0. The minimum atomic E-state index is -4.10. The van der Waals surface area contributed by atoms with Gasteiger partial charge in [0.15, 0.2) is 0 Å². The average molecular weight is 136 g/mol. The van der Waals surface area contributed by atoms with Crippen LogP contribution in [0.4, 0.5) is 15.4 Å². The summed E-state index contributed by atoms with van der Waals surface area (Å²) in [4.78, 5) is 0. The van der Waals surface area contributed by atoms with Crippen molar-refractivity contribution in [1.29, 1.82) is 0 Å². The van der Waals surface area contributed by atoms with Crippen LogP contribution in [-0.4, -0.2) is 0 Å². The van der Waals surface area contributed by atoms with E-state index >= 15 is 0 Å². The van der Waals surface area contributed by atoms with Crippen molar-refractivity contribution in [2.24, 2.45) is 0 Å². The molecule has 0 aromatic heterocycles. The third-order valence-corrected chi connectivity index (χ3v) is 0. The topological polar surface area (TPSA) is 0 Å². The Morgan fingerprint density at radius 1 is 1.00 bits per heavy atom. The van der Waals surface area contributed by atoms with Crippen molar-refractivity contribution in [3.63, 3.8) is 0 Å². The fourth-order valence-corrected chi connectivity index (χ4v) is 0. The van der Waals surface area contributed by atoms with Gasteiger partial charge in [-0.2, -0.15) is 0 Å². The zero-order valence-corrected chi connectivity index (χ0v) is 2.92. The summed E-state index contributed by atoms with van der Waals surface area (Å²) in [6.07, 6.45) is 0. The summed E-state index contributed by atoms with van der Waals surface area (Å²) in [6, 6.07) is 0. The summed E-state index contributed by atoms with van der Waals surface area (Å²) < 4.78 is 29.2. The zero-order chi connectivity index (χ0) is 3.58. The van der Waals surface area contributed by atoms with Crippen molar-refractivity contribution >= 4 is 0 Å². The van der Waals surface area contributed by atoms with Crippen LogP contribution in [0.2, 0.25) is 0 Å². The molecule has 0 radical (unpaired) electrons. The second kappa shape index (κ2) is 4.23. The van der Waals surface area contributed by atoms with Crippen molar-refractivity contribution in [3.8, 4) is 0 Å². The molecule has 0 spiro atoms. The standard InChI is InChI=1S/Co.4FH/h;4*1H/q+3;;;;/p-3. The Morgan fingerprint density at radius 3 is 1.00 bits per heavy atom. The number of halogens is 4. The van der Waals surface area contributed by atoms with E-state index in [9.17, 15) is 10.7 Å². The summed E-state index contributed by atoms with van der Waals surface area (Å²) in [5, 5.41) is 0. The Balaban J connectivity index is 0. The van der Waals surface area contributed by atoms with Crippen LogP contribution in [0.3, 0.4) is 0 Å². The summed E-state index contributed by atoms with van der Waals surface area (Å²) >= 11 is -4.10. The van der Waals surface area contributed by atoms with E-state index in [0.717, 1.165) is 0 Å². The Hall–Kier alpha value is 0.226. The molecule has 0 N–H and O–H groups in total. The first-order valence-electron chi connectivity index (χ1n) is 0.378. The van der Waals surface area contributed by atoms with Crippen LogP contribution >= 0.6 is 0 Å². The molecular weight excluding hydrogens is 135 g/mol. The molecule has 0 aliphatic heterocycles. The van der Waals surface area contributed by atoms with Crippen LogP contribution in [0.15, 0.2) is 0 Å². The molecule has 0 aliphatic carbocycles. The van der Waals surface area contributed by atoms with Gasteiger partial charge in [-0.05, 0) is 0 Å². The van der Waals surface area contributed by atoms with Crippen molar-refractivity contribution in [2.75, 3.05) is 0 Å². The van der Waals surface area contributed by atoms with Crippen LogP contribution in [-0.2, 0) is 15.0 Å². The fourth-order valence-electron chi connectivity index (χ4n) is 0. The summed E-state index contributed by atoms with van der Waals surface area (Å²) in [5.74, 6) is 0. The maximum absolute atomic E-state index is 9.73. The van der Waals surface area contributed by atoms with Crippen LogP contribution in [0.1, 0.15) is 0 Å². The van der Waals surface area contributed by atoms with Gasteiger partial charge in [-0.15, -0.1) is 0 Å². The predicted octanol–water partition coefficient (Wildman–Crippen LogP) is 1.41. The SMILES string of the molecule is F.[F][Co]([F])[F]. The van der Waals surface area contributed by atoms with Crippen LogP contribution < -0.4 is 0 Å². The van der Waals surface area contributed by atoms with Gasteiger partial charge in [0, 0.05) is 0 Å². The molecule has 0 aromatic rings. The molecular formula is HCoF4. The van der Waals surface area contributed by atoms with E-state index in [-0.39, 0.29) is 4.70 Å². The van der Waals surface area contributed by atoms with E-state index in [1.165, 1.54) is 0 Å². The molecule has 0 amide bonds. The molecule has 0 fully saturated rings. The number of rotatable bonds is 0. The Morgan fingerprint density at radius 2 is 1.00 bits per heavy atom. The molecule has 0 unspecified atom stereocenters. The molecule has 0 rings (SSSR count). The van der Waals surface area contributed by atoms with E-state index in [1.807, 2.05) is 0 Å². The predicted molar refractivity (Wildman–Crippen MR) is 5.83 cm³/mol. The first kappa shape index (κ1) is 8.97. The van der Waals surface area contributed by atoms with E-state index in [4.69, 9.17) is 0 Å². The molecule has 0 aliphatic rings. The van der Waals surface area contributed by atoms with Crippen molar-refractivity contribution in [3.05, 3.63) is 0 Å². The number of hydrogen-bond donors (Lipinski definition) is 0. The van der Waals surface area contributed by atoms with Gasteiger partial charge in [-0.25, -0.2) is 0 Å². The van der Waals surface area contributed by atoms with Crippen molar-refractivity contribution in [2.45, 2.75) is 0 Å². The Bertz CT molecular complexity index is 8.36. The average Bonchev–Trinajstić information content (AvgIpc) is 0.811. The van der Waals surface area contributed by atoms with Gasteiger partial charge in [-0.3, -0.25) is 4.70 Å². The third-order valence-electron chi connectivity index (χ3n) is 0. The van der Waals surface area contributed by atoms with Crippen LogP contribution in [0.25, 0.3) is 0 Å². The molecule has 0 heterocycles. The zero-order valence-electron chi connectivity index (χ0n) is 1.88. The molecule has 0 atom stereocenters. The monoisotopic (exact) mass is 136 g/mol. The van der Waals surface area contributed by atoms with E-state index < -0.39 is 15.0 Å². The normalized spacial score (nSPS) is 9.00. The van der Waals surface area contributed by atoms with Gasteiger partial charge in [0.25, 0.3) is 0 Å². The summed E-state index contributed by atoms with van der Waals surface area (Å²) in [7, 11) is 0. The summed E-state index contributed by atoms with van der Waals surface area (Å²) in [6.45, 7) is 0. The van der Waals surface area contributed by atoms with Gasteiger partial charge in [0.1, 0.15) is 0 Å². The molecule has 5 heteroatoms. The second-order valence-electron chi connectivity index (χ2n) is 0.143. The van der Waals surface area contributed by atoms with Gasteiger partial charge in [-0.1, -0.05) is 0 Å². The quantitative estimate of drug-likeness (QED) is 0.441. The molecule has 0 bridgehead atoms. The summed E-state index contributed by atoms with van der Waals surface area (Å²) in [5.41, 5.74) is 0. The third kappa shape index (κ3) is 408. The van der Waals surface area contributed by atoms with E-state index in [1.54, 1.807) is 0 Å². The molecule has 0 nitrogen and oxygen atoms in total. The first-order valence-corrected chi connectivity index (χ1v) is 1.56. The fraction of sp³-hybridized carbons (Fsp3) is 0. The van der Waals surface area contributed by atoms with Crippen molar-refractivity contribution < 1.29 is 30.4 Å². The molecule has 5 heavy (non-hydrogen) atoms. The molecule has 0 saturated carbocycles. The van der Waals surface area contributed by atoms with E-state index in [0.29, 0.717) is 0 Å². The number of hydrogen-bond acceptors (Lipinski definition) is 0. The second-order valence-corrected chi connectivity index (χ2v) is 0.589. The van der Waals surface area contributed by atoms with Crippen LogP contribution in [0.5, 0.6) is 0 Å². The van der Waals surface area contributed by atoms with Crippen LogP contribution in [0, 0.1) is 0 Å². The Labute approximate surface area is 31.5 Å². The van der Waals surface area contributed by atoms with Gasteiger partial charge < -0.3 is 0 Å². The molecule has 0 saturated heterocycles. The molecule has 0 aromatic carbocycles.